The van der Waals surface area contributed by atoms with E-state index in [1.165, 1.54) is 6.07 Å². The van der Waals surface area contributed by atoms with Crippen LogP contribution in [0.4, 0.5) is 11.4 Å². The number of hydrogen-bond donors (Lipinski definition) is 0. The highest BCUT2D eigenvalue weighted by molar-refractivity contribution is 5.97. The lowest BCUT2D eigenvalue weighted by Gasteiger charge is -2.36. The second-order valence-electron chi connectivity index (χ2n) is 5.63. The fourth-order valence-electron chi connectivity index (χ4n) is 3.05. The van der Waals surface area contributed by atoms with E-state index in [1.54, 1.807) is 6.07 Å². The number of para-hydroxylation sites is 1. The van der Waals surface area contributed by atoms with Crippen LogP contribution >= 0.6 is 0 Å². The number of nitro groups is 1. The highest BCUT2D eigenvalue weighted by Gasteiger charge is 2.21. The van der Waals surface area contributed by atoms with Crippen molar-refractivity contribution >= 4 is 22.3 Å². The minimum atomic E-state index is -0.354. The van der Waals surface area contributed by atoms with E-state index < -0.39 is 0 Å². The molecule has 1 aromatic carbocycles. The summed E-state index contributed by atoms with van der Waals surface area (Å²) in [4.78, 5) is 20.0. The summed E-state index contributed by atoms with van der Waals surface area (Å²) in [5.41, 5.74) is 2.44. The molecule has 22 heavy (non-hydrogen) atoms. The van der Waals surface area contributed by atoms with Gasteiger partial charge in [0.15, 0.2) is 5.52 Å². The molecule has 2 aromatic rings. The minimum absolute atomic E-state index is 0.0784. The maximum Gasteiger partial charge on any atom is 0.295 e. The number of benzene rings is 1. The molecule has 1 fully saturated rings. The van der Waals surface area contributed by atoms with Crippen molar-refractivity contribution in [3.63, 3.8) is 0 Å². The molecule has 2 heterocycles. The summed E-state index contributed by atoms with van der Waals surface area (Å²) in [6, 6.07) is 7.22. The van der Waals surface area contributed by atoms with Gasteiger partial charge in [0.1, 0.15) is 0 Å². The van der Waals surface area contributed by atoms with Gasteiger partial charge in [-0.3, -0.25) is 10.1 Å². The third-order valence-corrected chi connectivity index (χ3v) is 4.28. The molecular formula is C16H20N4O2. The molecule has 1 aromatic heterocycles. The van der Waals surface area contributed by atoms with Crippen LogP contribution in [-0.2, 0) is 0 Å². The molecule has 0 spiro atoms. The van der Waals surface area contributed by atoms with Gasteiger partial charge in [0.05, 0.1) is 4.92 Å². The van der Waals surface area contributed by atoms with E-state index in [-0.39, 0.29) is 10.6 Å². The van der Waals surface area contributed by atoms with Crippen LogP contribution in [0, 0.1) is 17.0 Å². The number of aromatic nitrogens is 1. The number of anilines is 1. The Kier molecular flexibility index (Phi) is 3.94. The number of rotatable bonds is 3. The van der Waals surface area contributed by atoms with Crippen molar-refractivity contribution < 1.29 is 4.92 Å². The summed E-state index contributed by atoms with van der Waals surface area (Å²) in [6.07, 6.45) is 0. The van der Waals surface area contributed by atoms with Crippen molar-refractivity contribution in [1.29, 1.82) is 0 Å². The monoisotopic (exact) mass is 300 g/mol. The van der Waals surface area contributed by atoms with Gasteiger partial charge in [0.2, 0.25) is 0 Å². The Hall–Kier alpha value is -2.21. The molecule has 1 aliphatic heterocycles. The molecule has 0 radical (unpaired) electrons. The highest BCUT2D eigenvalue weighted by Crippen LogP contribution is 2.32. The zero-order valence-electron chi connectivity index (χ0n) is 13.0. The van der Waals surface area contributed by atoms with Crippen molar-refractivity contribution in [2.45, 2.75) is 13.8 Å². The largest absolute Gasteiger partial charge is 0.368 e. The van der Waals surface area contributed by atoms with Gasteiger partial charge in [-0.1, -0.05) is 19.1 Å². The van der Waals surface area contributed by atoms with Gasteiger partial charge in [-0.25, -0.2) is 4.98 Å². The number of nitro benzene ring substituents is 1. The number of hydrogen-bond acceptors (Lipinski definition) is 5. The standard InChI is InChI=1S/C16H20N4O2/c1-3-18-7-9-19(10-8-18)15-11-12(2)17-16-13(15)5-4-6-14(16)20(21)22/h4-6,11H,3,7-10H2,1-2H3. The highest BCUT2D eigenvalue weighted by atomic mass is 16.6. The number of piperazine rings is 1. The second kappa shape index (κ2) is 5.88. The van der Waals surface area contributed by atoms with Crippen LogP contribution in [0.3, 0.4) is 0 Å². The summed E-state index contributed by atoms with van der Waals surface area (Å²) in [6.45, 7) is 9.05. The quantitative estimate of drug-likeness (QED) is 0.644. The van der Waals surface area contributed by atoms with E-state index in [4.69, 9.17) is 0 Å². The third kappa shape index (κ3) is 2.62. The number of pyridine rings is 1. The molecule has 3 rings (SSSR count). The third-order valence-electron chi connectivity index (χ3n) is 4.28. The molecule has 0 atom stereocenters. The van der Waals surface area contributed by atoms with Gasteiger partial charge in [-0.2, -0.15) is 0 Å². The molecule has 0 bridgehead atoms. The molecule has 6 nitrogen and oxygen atoms in total. The number of fused-ring (bicyclic) bond motifs is 1. The average Bonchev–Trinajstić information content (AvgIpc) is 2.53. The van der Waals surface area contributed by atoms with Crippen molar-refractivity contribution in [1.82, 2.24) is 9.88 Å². The Bertz CT molecular complexity index is 709. The first kappa shape index (κ1) is 14.7. The average molecular weight is 300 g/mol. The number of non-ortho nitro benzene ring substituents is 1. The SMILES string of the molecule is CCN1CCN(c2cc(C)nc3c([N+](=O)[O-])cccc23)CC1. The Morgan fingerprint density at radius 1 is 1.27 bits per heavy atom. The maximum absolute atomic E-state index is 11.2. The maximum atomic E-state index is 11.2. The zero-order valence-corrected chi connectivity index (χ0v) is 13.0. The van der Waals surface area contributed by atoms with Crippen LogP contribution in [0.5, 0.6) is 0 Å². The summed E-state index contributed by atoms with van der Waals surface area (Å²) in [7, 11) is 0. The van der Waals surface area contributed by atoms with Crippen LogP contribution in [0.1, 0.15) is 12.6 Å². The first-order valence-electron chi connectivity index (χ1n) is 7.62. The molecule has 0 aliphatic carbocycles. The van der Waals surface area contributed by atoms with Gasteiger partial charge in [-0.15, -0.1) is 0 Å². The lowest BCUT2D eigenvalue weighted by molar-refractivity contribution is -0.383. The molecule has 1 aliphatic rings. The van der Waals surface area contributed by atoms with Gasteiger partial charge < -0.3 is 9.80 Å². The topological polar surface area (TPSA) is 62.5 Å². The molecule has 0 unspecified atom stereocenters. The van der Waals surface area contributed by atoms with E-state index in [1.807, 2.05) is 19.1 Å². The Morgan fingerprint density at radius 3 is 2.64 bits per heavy atom. The first-order chi connectivity index (χ1) is 10.6. The van der Waals surface area contributed by atoms with E-state index in [0.717, 1.165) is 49.5 Å². The Balaban J connectivity index is 2.06. The zero-order chi connectivity index (χ0) is 15.7. The van der Waals surface area contributed by atoms with Crippen LogP contribution in [0.2, 0.25) is 0 Å². The van der Waals surface area contributed by atoms with Crippen LogP contribution in [0.25, 0.3) is 10.9 Å². The van der Waals surface area contributed by atoms with Crippen LogP contribution in [-0.4, -0.2) is 47.5 Å². The summed E-state index contributed by atoms with van der Waals surface area (Å²) in [5, 5.41) is 12.1. The van der Waals surface area contributed by atoms with Gasteiger partial charge in [0.25, 0.3) is 5.69 Å². The molecule has 6 heteroatoms. The van der Waals surface area contributed by atoms with Crippen LogP contribution < -0.4 is 4.90 Å². The smallest absolute Gasteiger partial charge is 0.295 e. The Morgan fingerprint density at radius 2 is 2.00 bits per heavy atom. The van der Waals surface area contributed by atoms with Gasteiger partial charge >= 0.3 is 0 Å². The Labute approximate surface area is 129 Å². The first-order valence-corrected chi connectivity index (χ1v) is 7.62. The fraction of sp³-hybridized carbons (Fsp3) is 0.438. The van der Waals surface area contributed by atoms with Crippen LogP contribution in [0.15, 0.2) is 24.3 Å². The van der Waals surface area contributed by atoms with Crippen molar-refractivity contribution in [2.24, 2.45) is 0 Å². The number of nitrogens with zero attached hydrogens (tertiary/aromatic N) is 4. The molecule has 0 saturated carbocycles. The molecular weight excluding hydrogens is 280 g/mol. The van der Waals surface area contributed by atoms with E-state index in [2.05, 4.69) is 21.7 Å². The van der Waals surface area contributed by atoms with Crippen molar-refractivity contribution in [2.75, 3.05) is 37.6 Å². The summed E-state index contributed by atoms with van der Waals surface area (Å²) in [5.74, 6) is 0. The van der Waals surface area contributed by atoms with Crippen molar-refractivity contribution in [3.8, 4) is 0 Å². The lowest BCUT2D eigenvalue weighted by atomic mass is 10.1. The molecule has 1 saturated heterocycles. The van der Waals surface area contributed by atoms with Crippen molar-refractivity contribution in [3.05, 3.63) is 40.1 Å². The molecule has 0 amide bonds. The normalized spacial score (nSPS) is 16.2. The van der Waals surface area contributed by atoms with Gasteiger partial charge in [0, 0.05) is 49.0 Å². The van der Waals surface area contributed by atoms with E-state index >= 15 is 0 Å². The number of likely N-dealkylation sites (N-methyl/N-ethyl adjacent to an activating group) is 1. The summed E-state index contributed by atoms with van der Waals surface area (Å²) < 4.78 is 0. The number of aryl methyl sites for hydroxylation is 1. The predicted octanol–water partition coefficient (Wildman–Crippen LogP) is 2.59. The van der Waals surface area contributed by atoms with Gasteiger partial charge in [-0.05, 0) is 19.5 Å². The summed E-state index contributed by atoms with van der Waals surface area (Å²) >= 11 is 0. The van der Waals surface area contributed by atoms with E-state index in [0.29, 0.717) is 5.52 Å². The predicted molar refractivity (Wildman–Crippen MR) is 87.5 cm³/mol. The fourth-order valence-corrected chi connectivity index (χ4v) is 3.05. The molecule has 0 N–H and O–H groups in total. The second-order valence-corrected chi connectivity index (χ2v) is 5.63. The lowest BCUT2D eigenvalue weighted by Crippen LogP contribution is -2.46. The molecule has 116 valence electrons. The minimum Gasteiger partial charge on any atom is -0.368 e. The van der Waals surface area contributed by atoms with E-state index in [9.17, 15) is 10.1 Å².